The molecule has 0 fully saturated rings. The van der Waals surface area contributed by atoms with Gasteiger partial charge in [-0.05, 0) is 43.7 Å². The Hall–Kier alpha value is -3.53. The zero-order chi connectivity index (χ0) is 22.9. The second-order valence-corrected chi connectivity index (χ2v) is 7.70. The normalized spacial score (nSPS) is 11.0. The Morgan fingerprint density at radius 3 is 2.66 bits per heavy atom. The van der Waals surface area contributed by atoms with Crippen LogP contribution in [0.4, 0.5) is 11.6 Å². The van der Waals surface area contributed by atoms with Crippen molar-refractivity contribution >= 4 is 35.4 Å². The smallest absolute Gasteiger partial charge is 0.264 e. The number of rotatable bonds is 11. The van der Waals surface area contributed by atoms with Crippen molar-refractivity contribution in [3.05, 3.63) is 59.7 Å². The molecule has 32 heavy (non-hydrogen) atoms. The van der Waals surface area contributed by atoms with Crippen LogP contribution in [0.5, 0.6) is 5.75 Å². The second kappa shape index (κ2) is 11.2. The van der Waals surface area contributed by atoms with Crippen LogP contribution in [0, 0.1) is 0 Å². The number of nitrogens with zero attached hydrogens (tertiary/aromatic N) is 5. The summed E-state index contributed by atoms with van der Waals surface area (Å²) in [5, 5.41) is 12.6. The number of Topliss-reactive ketones (excluding diaryl/α,β-unsaturated/α-hetero) is 1. The van der Waals surface area contributed by atoms with Crippen LogP contribution < -0.4 is 20.9 Å². The van der Waals surface area contributed by atoms with E-state index in [4.69, 9.17) is 10.6 Å². The van der Waals surface area contributed by atoms with Gasteiger partial charge in [0, 0.05) is 24.3 Å². The van der Waals surface area contributed by atoms with E-state index in [1.807, 2.05) is 12.1 Å². The first-order valence-electron chi connectivity index (χ1n) is 10.2. The fourth-order valence-corrected chi connectivity index (χ4v) is 3.74. The molecule has 0 aliphatic rings. The fourth-order valence-electron chi connectivity index (χ4n) is 2.99. The zero-order valence-electron chi connectivity index (χ0n) is 18.4. The van der Waals surface area contributed by atoms with E-state index in [1.54, 1.807) is 37.6 Å². The first kappa shape index (κ1) is 23.1. The minimum Gasteiger partial charge on any atom is -0.497 e. The first-order chi connectivity index (χ1) is 15.5. The van der Waals surface area contributed by atoms with E-state index in [1.165, 1.54) is 22.1 Å². The molecule has 3 N–H and O–H groups in total. The quantitative estimate of drug-likeness (QED) is 0.150. The molecule has 9 nitrogen and oxygen atoms in total. The van der Waals surface area contributed by atoms with Crippen LogP contribution in [0.1, 0.15) is 29.8 Å². The number of thioether (sulfide) groups is 1. The number of hydrazone groups is 1. The highest BCUT2D eigenvalue weighted by atomic mass is 32.2. The summed E-state index contributed by atoms with van der Waals surface area (Å²) >= 11 is 1.20. The number of aromatic nitrogens is 3. The maximum atomic E-state index is 12.4. The van der Waals surface area contributed by atoms with E-state index in [0.717, 1.165) is 18.7 Å². The molecule has 0 unspecified atom stereocenters. The largest absolute Gasteiger partial charge is 0.497 e. The van der Waals surface area contributed by atoms with E-state index in [9.17, 15) is 4.79 Å². The molecule has 0 bridgehead atoms. The van der Waals surface area contributed by atoms with Gasteiger partial charge in [0.05, 0.1) is 19.1 Å². The van der Waals surface area contributed by atoms with Crippen molar-refractivity contribution in [2.45, 2.75) is 19.0 Å². The van der Waals surface area contributed by atoms with Gasteiger partial charge in [0.15, 0.2) is 5.78 Å². The molecule has 0 amide bonds. The summed E-state index contributed by atoms with van der Waals surface area (Å²) in [5.74, 6) is 7.06. The van der Waals surface area contributed by atoms with Gasteiger partial charge >= 0.3 is 0 Å². The molecule has 3 aromatic rings. The number of benzene rings is 2. The average Bonchev–Trinajstić information content (AvgIpc) is 3.18. The third-order valence-corrected chi connectivity index (χ3v) is 5.73. The highest BCUT2D eigenvalue weighted by molar-refractivity contribution is 7.99. The first-order valence-corrected chi connectivity index (χ1v) is 11.2. The summed E-state index contributed by atoms with van der Waals surface area (Å²) in [7, 11) is 1.56. The summed E-state index contributed by atoms with van der Waals surface area (Å²) < 4.78 is 6.43. The lowest BCUT2D eigenvalue weighted by Gasteiger charge is -2.20. The van der Waals surface area contributed by atoms with Crippen molar-refractivity contribution in [2.24, 2.45) is 5.10 Å². The lowest BCUT2D eigenvalue weighted by molar-refractivity contribution is 0.102. The maximum absolute atomic E-state index is 12.4. The van der Waals surface area contributed by atoms with Crippen molar-refractivity contribution in [1.82, 2.24) is 14.9 Å². The number of nitrogens with two attached hydrogens (primary N) is 1. The molecular weight excluding hydrogens is 426 g/mol. The number of methoxy groups -OCH3 is 1. The highest BCUT2D eigenvalue weighted by Gasteiger charge is 2.13. The van der Waals surface area contributed by atoms with Crippen LogP contribution in [-0.4, -0.2) is 52.8 Å². The molecule has 1 aromatic heterocycles. The monoisotopic (exact) mass is 453 g/mol. The molecule has 0 radical (unpaired) electrons. The van der Waals surface area contributed by atoms with Crippen molar-refractivity contribution < 1.29 is 9.53 Å². The Balaban J connectivity index is 1.56. The van der Waals surface area contributed by atoms with Gasteiger partial charge in [-0.2, -0.15) is 5.10 Å². The third-order valence-electron chi connectivity index (χ3n) is 4.79. The highest BCUT2D eigenvalue weighted by Crippen LogP contribution is 2.20. The number of nitrogen functional groups attached to an aromatic ring is 1. The minimum atomic E-state index is -0.0578. The van der Waals surface area contributed by atoms with Gasteiger partial charge < -0.3 is 15.5 Å². The fraction of sp³-hybridized carbons (Fsp3) is 0.273. The Labute approximate surface area is 191 Å². The molecule has 2 aromatic carbocycles. The molecule has 1 heterocycles. The van der Waals surface area contributed by atoms with Crippen molar-refractivity contribution in [3.63, 3.8) is 0 Å². The number of carbonyl (C=O) groups excluding carboxylic acids is 1. The number of hydrogen-bond donors (Lipinski definition) is 2. The second-order valence-electron chi connectivity index (χ2n) is 6.75. The average molecular weight is 454 g/mol. The molecule has 0 atom stereocenters. The van der Waals surface area contributed by atoms with Gasteiger partial charge in [-0.3, -0.25) is 4.79 Å². The Morgan fingerprint density at radius 2 is 1.97 bits per heavy atom. The van der Waals surface area contributed by atoms with E-state index in [2.05, 4.69) is 51.6 Å². The van der Waals surface area contributed by atoms with Crippen LogP contribution >= 0.6 is 11.8 Å². The molecule has 0 spiro atoms. The zero-order valence-corrected chi connectivity index (χ0v) is 19.2. The van der Waals surface area contributed by atoms with E-state index >= 15 is 0 Å². The molecule has 0 saturated heterocycles. The molecule has 0 aliphatic carbocycles. The molecule has 168 valence electrons. The van der Waals surface area contributed by atoms with Crippen LogP contribution in [-0.2, 0) is 0 Å². The van der Waals surface area contributed by atoms with Crippen molar-refractivity contribution in [1.29, 1.82) is 0 Å². The van der Waals surface area contributed by atoms with Crippen molar-refractivity contribution in [3.8, 4) is 5.75 Å². The number of hydrogen-bond acceptors (Lipinski definition) is 9. The number of nitrogens with one attached hydrogen (secondary N) is 1. The summed E-state index contributed by atoms with van der Waals surface area (Å²) in [6, 6.07) is 15.1. The molecule has 10 heteroatoms. The standard InChI is InChI=1S/C22H27N7O2S/c1-4-28(5-2)18-11-9-16(10-12-18)14-24-25-21-26-27-22(29(21)23)32-15-20(30)17-7-6-8-19(13-17)31-3/h6-14H,4-5,15,23H2,1-3H3,(H,25,26)/b24-14+. The number of carbonyl (C=O) groups is 1. The maximum Gasteiger partial charge on any atom is 0.264 e. The minimum absolute atomic E-state index is 0.0578. The van der Waals surface area contributed by atoms with E-state index < -0.39 is 0 Å². The molecular formula is C22H27N7O2S. The van der Waals surface area contributed by atoms with Gasteiger partial charge in [0.1, 0.15) is 5.75 Å². The van der Waals surface area contributed by atoms with Crippen molar-refractivity contribution in [2.75, 3.05) is 42.1 Å². The van der Waals surface area contributed by atoms with E-state index in [-0.39, 0.29) is 17.5 Å². The summed E-state index contributed by atoms with van der Waals surface area (Å²) in [5.41, 5.74) is 5.46. The lowest BCUT2D eigenvalue weighted by atomic mass is 10.1. The number of ether oxygens (including phenoxy) is 1. The number of ketones is 1. The van der Waals surface area contributed by atoms with Gasteiger partial charge in [-0.1, -0.05) is 36.0 Å². The van der Waals surface area contributed by atoms with E-state index in [0.29, 0.717) is 16.5 Å². The van der Waals surface area contributed by atoms with Crippen LogP contribution in [0.25, 0.3) is 0 Å². The predicted octanol–water partition coefficient (Wildman–Crippen LogP) is 3.27. The molecule has 0 aliphatic heterocycles. The lowest BCUT2D eigenvalue weighted by Crippen LogP contribution is -2.21. The summed E-state index contributed by atoms with van der Waals surface area (Å²) in [6.07, 6.45) is 1.68. The molecule has 3 rings (SSSR count). The number of anilines is 2. The molecule has 0 saturated carbocycles. The van der Waals surface area contributed by atoms with Crippen LogP contribution in [0.2, 0.25) is 0 Å². The predicted molar refractivity (Wildman–Crippen MR) is 129 cm³/mol. The summed E-state index contributed by atoms with van der Waals surface area (Å²) in [4.78, 5) is 14.7. The Bertz CT molecular complexity index is 1060. The van der Waals surface area contributed by atoms with Gasteiger partial charge in [0.25, 0.3) is 5.95 Å². The summed E-state index contributed by atoms with van der Waals surface area (Å²) in [6.45, 7) is 6.19. The SMILES string of the molecule is CCN(CC)c1ccc(/C=N/Nc2nnc(SCC(=O)c3cccc(OC)c3)n2N)cc1. The topological polar surface area (TPSA) is 111 Å². The Morgan fingerprint density at radius 1 is 1.22 bits per heavy atom. The van der Waals surface area contributed by atoms with Gasteiger partial charge in [-0.25, -0.2) is 10.1 Å². The van der Waals surface area contributed by atoms with Crippen LogP contribution in [0.15, 0.2) is 58.8 Å². The Kier molecular flexibility index (Phi) is 8.09. The van der Waals surface area contributed by atoms with Crippen LogP contribution in [0.3, 0.4) is 0 Å². The third kappa shape index (κ3) is 5.79. The van der Waals surface area contributed by atoms with Gasteiger partial charge in [0.2, 0.25) is 5.16 Å². The van der Waals surface area contributed by atoms with Gasteiger partial charge in [-0.15, -0.1) is 10.2 Å².